The molecule has 1 aromatic rings. The van der Waals surface area contributed by atoms with Crippen LogP contribution in [0.1, 0.15) is 33.6 Å². The first-order valence-corrected chi connectivity index (χ1v) is 10.0. The van der Waals surface area contributed by atoms with Crippen molar-refractivity contribution in [3.05, 3.63) is 30.3 Å². The minimum absolute atomic E-state index is 0.177. The van der Waals surface area contributed by atoms with Crippen LogP contribution >= 0.6 is 0 Å². The summed E-state index contributed by atoms with van der Waals surface area (Å²) in [5.74, 6) is -0.0307. The first-order chi connectivity index (χ1) is 13.3. The number of urea groups is 1. The maximum absolute atomic E-state index is 12.8. The van der Waals surface area contributed by atoms with Gasteiger partial charge < -0.3 is 15.1 Å². The molecule has 2 aliphatic rings. The number of anilines is 1. The molecule has 152 valence electrons. The van der Waals surface area contributed by atoms with Gasteiger partial charge in [-0.3, -0.25) is 14.5 Å². The topological polar surface area (TPSA) is 73.0 Å². The summed E-state index contributed by atoms with van der Waals surface area (Å²) in [4.78, 5) is 42.8. The van der Waals surface area contributed by atoms with Gasteiger partial charge in [-0.2, -0.15) is 0 Å². The van der Waals surface area contributed by atoms with Crippen molar-refractivity contribution in [1.29, 1.82) is 0 Å². The van der Waals surface area contributed by atoms with Gasteiger partial charge in [-0.1, -0.05) is 32.0 Å². The number of nitrogens with zero attached hydrogens (tertiary/aromatic N) is 3. The molecule has 2 saturated heterocycles. The van der Waals surface area contributed by atoms with Crippen LogP contribution in [0.25, 0.3) is 0 Å². The highest BCUT2D eigenvalue weighted by Crippen LogP contribution is 2.25. The van der Waals surface area contributed by atoms with Gasteiger partial charge in [0.25, 0.3) is 5.91 Å². The molecular weight excluding hydrogens is 356 g/mol. The zero-order chi connectivity index (χ0) is 20.3. The molecule has 2 fully saturated rings. The fraction of sp³-hybridized carbons (Fsp3) is 0.571. The van der Waals surface area contributed by atoms with Crippen LogP contribution in [0.2, 0.25) is 0 Å². The largest absolute Gasteiger partial charge is 0.368 e. The predicted octanol–water partition coefficient (Wildman–Crippen LogP) is 2.08. The van der Waals surface area contributed by atoms with Crippen LogP contribution in [0, 0.1) is 5.92 Å². The number of nitrogens with one attached hydrogen (secondary N) is 1. The lowest BCUT2D eigenvalue weighted by atomic mass is 9.92. The molecule has 3 rings (SSSR count). The van der Waals surface area contributed by atoms with Gasteiger partial charge in [-0.15, -0.1) is 0 Å². The minimum atomic E-state index is -0.909. The van der Waals surface area contributed by atoms with E-state index in [0.29, 0.717) is 25.4 Å². The highest BCUT2D eigenvalue weighted by molar-refractivity contribution is 6.08. The molecule has 2 heterocycles. The predicted molar refractivity (Wildman–Crippen MR) is 108 cm³/mol. The van der Waals surface area contributed by atoms with Crippen molar-refractivity contribution in [2.75, 3.05) is 37.6 Å². The average Bonchev–Trinajstić information content (AvgIpc) is 2.90. The van der Waals surface area contributed by atoms with E-state index in [4.69, 9.17) is 0 Å². The summed E-state index contributed by atoms with van der Waals surface area (Å²) in [6.07, 6.45) is 1.42. The number of benzene rings is 1. The maximum Gasteiger partial charge on any atom is 0.325 e. The maximum atomic E-state index is 12.8. The van der Waals surface area contributed by atoms with Crippen molar-refractivity contribution in [2.24, 2.45) is 5.92 Å². The minimum Gasteiger partial charge on any atom is -0.368 e. The van der Waals surface area contributed by atoms with Crippen LogP contribution < -0.4 is 10.2 Å². The molecular formula is C21H30N4O3. The van der Waals surface area contributed by atoms with Gasteiger partial charge in [0.15, 0.2) is 0 Å². The lowest BCUT2D eigenvalue weighted by molar-refractivity contribution is -0.139. The van der Waals surface area contributed by atoms with E-state index in [-0.39, 0.29) is 18.4 Å². The van der Waals surface area contributed by atoms with Crippen LogP contribution in [0.4, 0.5) is 10.5 Å². The standard InChI is InChI=1S/C21H30N4O3/c1-16(2)9-10-21(3)19(27)25(20(28)22-21)15-18(26)24-13-11-23(12-14-24)17-7-5-4-6-8-17/h4-8,16H,9-15H2,1-3H3,(H,22,28). The van der Waals surface area contributed by atoms with Gasteiger partial charge in [0.1, 0.15) is 12.1 Å². The first kappa shape index (κ1) is 20.2. The summed E-state index contributed by atoms with van der Waals surface area (Å²) < 4.78 is 0. The summed E-state index contributed by atoms with van der Waals surface area (Å²) in [6, 6.07) is 9.64. The quantitative estimate of drug-likeness (QED) is 0.760. The van der Waals surface area contributed by atoms with Gasteiger partial charge in [-0.05, 0) is 37.8 Å². The van der Waals surface area contributed by atoms with Crippen molar-refractivity contribution in [2.45, 2.75) is 39.2 Å². The van der Waals surface area contributed by atoms with E-state index >= 15 is 0 Å². The molecule has 0 saturated carbocycles. The highest BCUT2D eigenvalue weighted by atomic mass is 16.2. The second-order valence-electron chi connectivity index (χ2n) is 8.29. The second-order valence-corrected chi connectivity index (χ2v) is 8.29. The Labute approximate surface area is 166 Å². The number of amides is 4. The van der Waals surface area contributed by atoms with Gasteiger partial charge >= 0.3 is 6.03 Å². The normalized spacial score (nSPS) is 22.8. The zero-order valence-corrected chi connectivity index (χ0v) is 17.0. The number of carbonyl (C=O) groups is 3. The number of para-hydroxylation sites is 1. The number of hydrogen-bond donors (Lipinski definition) is 1. The van der Waals surface area contributed by atoms with Crippen LogP contribution in [0.15, 0.2) is 30.3 Å². The van der Waals surface area contributed by atoms with E-state index in [2.05, 4.69) is 36.2 Å². The summed E-state index contributed by atoms with van der Waals surface area (Å²) in [5.41, 5.74) is 0.234. The number of rotatable bonds is 6. The number of carbonyl (C=O) groups excluding carboxylic acids is 3. The molecule has 28 heavy (non-hydrogen) atoms. The fourth-order valence-electron chi connectivity index (χ4n) is 3.73. The molecule has 1 unspecified atom stereocenters. The van der Waals surface area contributed by atoms with E-state index < -0.39 is 11.6 Å². The summed E-state index contributed by atoms with van der Waals surface area (Å²) in [7, 11) is 0. The number of piperazine rings is 1. The third kappa shape index (κ3) is 4.29. The van der Waals surface area contributed by atoms with E-state index in [1.165, 1.54) is 0 Å². The van der Waals surface area contributed by atoms with E-state index in [9.17, 15) is 14.4 Å². The Balaban J connectivity index is 1.55. The molecule has 0 spiro atoms. The Morgan fingerprint density at radius 2 is 1.75 bits per heavy atom. The molecule has 2 aliphatic heterocycles. The van der Waals surface area contributed by atoms with E-state index in [0.717, 1.165) is 30.1 Å². The van der Waals surface area contributed by atoms with Crippen molar-refractivity contribution in [3.8, 4) is 0 Å². The lowest BCUT2D eigenvalue weighted by Crippen LogP contribution is -2.52. The molecule has 1 aromatic carbocycles. The molecule has 0 aliphatic carbocycles. The van der Waals surface area contributed by atoms with Crippen molar-refractivity contribution in [1.82, 2.24) is 15.1 Å². The third-order valence-electron chi connectivity index (χ3n) is 5.61. The Morgan fingerprint density at radius 1 is 1.11 bits per heavy atom. The second kappa shape index (κ2) is 8.20. The molecule has 7 heteroatoms. The smallest absolute Gasteiger partial charge is 0.325 e. The number of imide groups is 1. The molecule has 4 amide bonds. The van der Waals surface area contributed by atoms with Crippen LogP contribution in [0.3, 0.4) is 0 Å². The van der Waals surface area contributed by atoms with Gasteiger partial charge in [-0.25, -0.2) is 4.79 Å². The summed E-state index contributed by atoms with van der Waals surface area (Å²) >= 11 is 0. The molecule has 0 radical (unpaired) electrons. The summed E-state index contributed by atoms with van der Waals surface area (Å²) in [5, 5.41) is 2.78. The van der Waals surface area contributed by atoms with E-state index in [1.807, 2.05) is 18.2 Å². The van der Waals surface area contributed by atoms with Crippen LogP contribution in [-0.4, -0.2) is 65.9 Å². The van der Waals surface area contributed by atoms with Crippen molar-refractivity contribution in [3.63, 3.8) is 0 Å². The summed E-state index contributed by atoms with van der Waals surface area (Å²) in [6.45, 7) is 8.38. The molecule has 1 atom stereocenters. The molecule has 0 aromatic heterocycles. The average molecular weight is 386 g/mol. The monoisotopic (exact) mass is 386 g/mol. The van der Waals surface area contributed by atoms with Crippen LogP contribution in [-0.2, 0) is 9.59 Å². The SMILES string of the molecule is CC(C)CCC1(C)NC(=O)N(CC(=O)N2CCN(c3ccccc3)CC2)C1=O. The molecule has 1 N–H and O–H groups in total. The van der Waals surface area contributed by atoms with E-state index in [1.54, 1.807) is 11.8 Å². The van der Waals surface area contributed by atoms with Crippen LogP contribution in [0.5, 0.6) is 0 Å². The highest BCUT2D eigenvalue weighted by Gasteiger charge is 2.48. The third-order valence-corrected chi connectivity index (χ3v) is 5.61. The Morgan fingerprint density at radius 3 is 2.36 bits per heavy atom. The zero-order valence-electron chi connectivity index (χ0n) is 17.0. The van der Waals surface area contributed by atoms with Crippen molar-refractivity contribution < 1.29 is 14.4 Å². The van der Waals surface area contributed by atoms with Crippen molar-refractivity contribution >= 4 is 23.5 Å². The number of hydrogen-bond acceptors (Lipinski definition) is 4. The Kier molecular flexibility index (Phi) is 5.91. The Hall–Kier alpha value is -2.57. The lowest BCUT2D eigenvalue weighted by Gasteiger charge is -2.36. The van der Waals surface area contributed by atoms with Gasteiger partial charge in [0.2, 0.25) is 5.91 Å². The van der Waals surface area contributed by atoms with Gasteiger partial charge in [0, 0.05) is 31.9 Å². The molecule has 7 nitrogen and oxygen atoms in total. The first-order valence-electron chi connectivity index (χ1n) is 10.0. The molecule has 0 bridgehead atoms. The fourth-order valence-corrected chi connectivity index (χ4v) is 3.73. The van der Waals surface area contributed by atoms with Gasteiger partial charge in [0.05, 0.1) is 0 Å². The Bertz CT molecular complexity index is 728.